The molecular formula is C24H20Cl3NO3. The van der Waals surface area contributed by atoms with Gasteiger partial charge < -0.3 is 14.4 Å². The molecule has 1 aliphatic rings. The number of hydrogen-bond acceptors (Lipinski definition) is 3. The van der Waals surface area contributed by atoms with Crippen molar-refractivity contribution in [3.63, 3.8) is 0 Å². The maximum atomic E-state index is 12.7. The number of carbonyl (C=O) groups excluding carboxylic acids is 1. The lowest BCUT2D eigenvalue weighted by molar-refractivity contribution is 0.0303. The Kier molecular flexibility index (Phi) is 7.03. The number of morpholine rings is 1. The van der Waals surface area contributed by atoms with Crippen molar-refractivity contribution in [2.24, 2.45) is 0 Å². The van der Waals surface area contributed by atoms with E-state index in [1.165, 1.54) is 0 Å². The predicted molar refractivity (Wildman–Crippen MR) is 124 cm³/mol. The molecule has 0 saturated carbocycles. The molecule has 7 heteroatoms. The molecule has 0 bridgehead atoms. The van der Waals surface area contributed by atoms with Gasteiger partial charge in [0.25, 0.3) is 5.91 Å². The van der Waals surface area contributed by atoms with Gasteiger partial charge in [0.1, 0.15) is 5.75 Å². The molecule has 0 aromatic heterocycles. The van der Waals surface area contributed by atoms with Gasteiger partial charge in [-0.2, -0.15) is 0 Å². The molecule has 1 unspecified atom stereocenters. The van der Waals surface area contributed by atoms with Crippen LogP contribution in [-0.2, 0) is 4.74 Å². The van der Waals surface area contributed by atoms with Crippen LogP contribution in [0.25, 0.3) is 0 Å². The summed E-state index contributed by atoms with van der Waals surface area (Å²) in [5.74, 6) is 0.386. The molecule has 1 amide bonds. The SMILES string of the molecule is O=C(c1ccc(OC(c2ccc(Cl)cc2)c2ccccc2Cl)c(Cl)c1)N1CCOCC1. The molecule has 160 valence electrons. The predicted octanol–water partition coefficient (Wildman–Crippen LogP) is 6.29. The summed E-state index contributed by atoms with van der Waals surface area (Å²) in [6.45, 7) is 2.22. The summed E-state index contributed by atoms with van der Waals surface area (Å²) in [5, 5.41) is 1.56. The highest BCUT2D eigenvalue weighted by molar-refractivity contribution is 6.32. The normalized spacial score (nSPS) is 14.9. The first-order chi connectivity index (χ1) is 15.0. The summed E-state index contributed by atoms with van der Waals surface area (Å²) in [6.07, 6.45) is -0.496. The van der Waals surface area contributed by atoms with Gasteiger partial charge in [-0.15, -0.1) is 0 Å². The summed E-state index contributed by atoms with van der Waals surface area (Å²) in [4.78, 5) is 14.5. The third kappa shape index (κ3) is 5.16. The second kappa shape index (κ2) is 9.92. The number of hydrogen-bond donors (Lipinski definition) is 0. The van der Waals surface area contributed by atoms with Gasteiger partial charge in [0.15, 0.2) is 6.10 Å². The van der Waals surface area contributed by atoms with Crippen LogP contribution < -0.4 is 4.74 Å². The van der Waals surface area contributed by atoms with Crippen molar-refractivity contribution >= 4 is 40.7 Å². The van der Waals surface area contributed by atoms with Crippen molar-refractivity contribution in [1.82, 2.24) is 4.90 Å². The Morgan fingerprint density at radius 1 is 0.903 bits per heavy atom. The summed E-state index contributed by atoms with van der Waals surface area (Å²) < 4.78 is 11.6. The smallest absolute Gasteiger partial charge is 0.254 e. The molecule has 1 saturated heterocycles. The van der Waals surface area contributed by atoms with E-state index in [0.29, 0.717) is 52.7 Å². The van der Waals surface area contributed by atoms with E-state index in [2.05, 4.69) is 0 Å². The summed E-state index contributed by atoms with van der Waals surface area (Å²) in [6, 6.07) is 20.0. The van der Waals surface area contributed by atoms with Gasteiger partial charge in [-0.05, 0) is 42.0 Å². The Hall–Kier alpha value is -2.24. The zero-order valence-corrected chi connectivity index (χ0v) is 18.8. The maximum Gasteiger partial charge on any atom is 0.254 e. The maximum absolute atomic E-state index is 12.7. The standard InChI is InChI=1S/C24H20Cl3NO3/c25-18-8-5-16(6-9-18)23(19-3-1-2-4-20(19)26)31-22-10-7-17(15-21(22)27)24(29)28-11-13-30-14-12-28/h1-10,15,23H,11-14H2. The van der Waals surface area contributed by atoms with E-state index in [1.807, 2.05) is 36.4 Å². The van der Waals surface area contributed by atoms with E-state index in [-0.39, 0.29) is 5.91 Å². The van der Waals surface area contributed by atoms with Crippen LogP contribution in [0.1, 0.15) is 27.6 Å². The largest absolute Gasteiger partial charge is 0.479 e. The molecule has 0 N–H and O–H groups in total. The summed E-state index contributed by atoms with van der Waals surface area (Å²) in [7, 11) is 0. The summed E-state index contributed by atoms with van der Waals surface area (Å²) in [5.41, 5.74) is 2.19. The molecule has 1 fully saturated rings. The molecule has 3 aromatic rings. The van der Waals surface area contributed by atoms with Crippen molar-refractivity contribution in [3.8, 4) is 5.75 Å². The average Bonchev–Trinajstić information content (AvgIpc) is 2.80. The minimum Gasteiger partial charge on any atom is -0.479 e. The highest BCUT2D eigenvalue weighted by Crippen LogP contribution is 2.36. The second-order valence-electron chi connectivity index (χ2n) is 7.12. The Morgan fingerprint density at radius 3 is 2.29 bits per heavy atom. The molecule has 4 nitrogen and oxygen atoms in total. The Labute approximate surface area is 196 Å². The second-order valence-corrected chi connectivity index (χ2v) is 8.37. The number of nitrogens with zero attached hydrogens (tertiary/aromatic N) is 1. The zero-order chi connectivity index (χ0) is 21.8. The van der Waals surface area contributed by atoms with Crippen LogP contribution >= 0.6 is 34.8 Å². The van der Waals surface area contributed by atoms with Crippen LogP contribution in [-0.4, -0.2) is 37.1 Å². The van der Waals surface area contributed by atoms with Gasteiger partial charge in [0.05, 0.1) is 18.2 Å². The van der Waals surface area contributed by atoms with E-state index < -0.39 is 6.10 Å². The minimum atomic E-state index is -0.496. The number of ether oxygens (including phenoxy) is 2. The zero-order valence-electron chi connectivity index (χ0n) is 16.6. The molecule has 1 heterocycles. The number of benzene rings is 3. The molecule has 0 radical (unpaired) electrons. The Bertz CT molecular complexity index is 1070. The van der Waals surface area contributed by atoms with E-state index in [1.54, 1.807) is 35.2 Å². The third-order valence-corrected chi connectivity index (χ3v) is 5.97. The first kappa shape index (κ1) is 22.0. The lowest BCUT2D eigenvalue weighted by atomic mass is 10.0. The molecule has 31 heavy (non-hydrogen) atoms. The van der Waals surface area contributed by atoms with Crippen LogP contribution in [0.15, 0.2) is 66.7 Å². The van der Waals surface area contributed by atoms with Gasteiger partial charge in [-0.25, -0.2) is 0 Å². The molecule has 0 aliphatic carbocycles. The molecule has 1 atom stereocenters. The van der Waals surface area contributed by atoms with Crippen LogP contribution in [0.5, 0.6) is 5.75 Å². The van der Waals surface area contributed by atoms with Gasteiger partial charge in [0.2, 0.25) is 0 Å². The van der Waals surface area contributed by atoms with Crippen molar-refractivity contribution in [2.45, 2.75) is 6.10 Å². The van der Waals surface area contributed by atoms with E-state index in [9.17, 15) is 4.79 Å². The molecule has 4 rings (SSSR count). The Balaban J connectivity index is 1.63. The number of amides is 1. The Morgan fingerprint density at radius 2 is 1.61 bits per heavy atom. The molecule has 1 aliphatic heterocycles. The van der Waals surface area contributed by atoms with Gasteiger partial charge >= 0.3 is 0 Å². The molecular weight excluding hydrogens is 457 g/mol. The van der Waals surface area contributed by atoms with Crippen molar-refractivity contribution in [3.05, 3.63) is 98.5 Å². The summed E-state index contributed by atoms with van der Waals surface area (Å²) >= 11 is 19.0. The van der Waals surface area contributed by atoms with E-state index in [0.717, 1.165) is 11.1 Å². The van der Waals surface area contributed by atoms with Gasteiger partial charge in [0, 0.05) is 34.3 Å². The van der Waals surface area contributed by atoms with Crippen LogP contribution in [0.3, 0.4) is 0 Å². The molecule has 0 spiro atoms. The minimum absolute atomic E-state index is 0.0721. The molecule has 3 aromatic carbocycles. The fraction of sp³-hybridized carbons (Fsp3) is 0.208. The third-order valence-electron chi connectivity index (χ3n) is 5.08. The van der Waals surface area contributed by atoms with Crippen LogP contribution in [0, 0.1) is 0 Å². The topological polar surface area (TPSA) is 38.8 Å². The van der Waals surface area contributed by atoms with Crippen molar-refractivity contribution < 1.29 is 14.3 Å². The highest BCUT2D eigenvalue weighted by atomic mass is 35.5. The van der Waals surface area contributed by atoms with Crippen molar-refractivity contribution in [1.29, 1.82) is 0 Å². The van der Waals surface area contributed by atoms with Crippen molar-refractivity contribution in [2.75, 3.05) is 26.3 Å². The van der Waals surface area contributed by atoms with Gasteiger partial charge in [-0.1, -0.05) is 65.1 Å². The first-order valence-corrected chi connectivity index (χ1v) is 11.0. The number of carbonyl (C=O) groups is 1. The lowest BCUT2D eigenvalue weighted by Crippen LogP contribution is -2.40. The fourth-order valence-electron chi connectivity index (χ4n) is 3.44. The fourth-order valence-corrected chi connectivity index (χ4v) is 4.03. The monoisotopic (exact) mass is 475 g/mol. The average molecular weight is 477 g/mol. The van der Waals surface area contributed by atoms with E-state index in [4.69, 9.17) is 44.3 Å². The number of rotatable bonds is 5. The lowest BCUT2D eigenvalue weighted by Gasteiger charge is -2.27. The van der Waals surface area contributed by atoms with Gasteiger partial charge in [-0.3, -0.25) is 4.79 Å². The van der Waals surface area contributed by atoms with Crippen LogP contribution in [0.4, 0.5) is 0 Å². The quantitative estimate of drug-likeness (QED) is 0.434. The first-order valence-electron chi connectivity index (χ1n) is 9.86. The number of halogens is 3. The van der Waals surface area contributed by atoms with Crippen LogP contribution in [0.2, 0.25) is 15.1 Å². The highest BCUT2D eigenvalue weighted by Gasteiger charge is 2.22. The van der Waals surface area contributed by atoms with E-state index >= 15 is 0 Å².